The van der Waals surface area contributed by atoms with Crippen molar-refractivity contribution in [2.45, 2.75) is 50.5 Å². The fourth-order valence-electron chi connectivity index (χ4n) is 5.78. The van der Waals surface area contributed by atoms with Gasteiger partial charge in [0.15, 0.2) is 0 Å². The second-order valence-electron chi connectivity index (χ2n) is 10.6. The zero-order valence-corrected chi connectivity index (χ0v) is 25.1. The summed E-state index contributed by atoms with van der Waals surface area (Å²) in [5, 5.41) is 2.89. The number of hydrogen-bond acceptors (Lipinski definition) is 4. The van der Waals surface area contributed by atoms with Crippen LogP contribution in [0.25, 0.3) is 16.7 Å². The number of rotatable bonds is 10. The number of piperidine rings is 1. The Balaban J connectivity index is 0.00000387. The molecule has 1 N–H and O–H groups in total. The fraction of sp³-hybridized carbons (Fsp3) is 0.324. The van der Waals surface area contributed by atoms with Crippen molar-refractivity contribution in [1.82, 2.24) is 10.2 Å². The van der Waals surface area contributed by atoms with Crippen molar-refractivity contribution in [2.24, 2.45) is 0 Å². The number of amides is 2. The normalized spacial score (nSPS) is 14.7. The Morgan fingerprint density at radius 2 is 1.54 bits per heavy atom. The molecule has 5 rings (SSSR count). The molecule has 3 aromatic rings. The topological polar surface area (TPSA) is 75.7 Å². The van der Waals surface area contributed by atoms with Crippen LogP contribution in [-0.4, -0.2) is 48.9 Å². The number of ether oxygens (including phenoxy) is 1. The largest absolute Gasteiger partial charge is 0.542 e. The van der Waals surface area contributed by atoms with Crippen molar-refractivity contribution in [3.63, 3.8) is 0 Å². The molecule has 212 valence electrons. The maximum atomic E-state index is 13.5. The van der Waals surface area contributed by atoms with Gasteiger partial charge in [-0.2, -0.15) is 0 Å². The predicted molar refractivity (Wildman–Crippen MR) is 157 cm³/mol. The Hall–Kier alpha value is -3.50. The average Bonchev–Trinajstić information content (AvgIpc) is 3.32. The van der Waals surface area contributed by atoms with E-state index in [0.717, 1.165) is 47.1 Å². The second kappa shape index (κ2) is 14.4. The first-order valence-corrected chi connectivity index (χ1v) is 14.1. The third-order valence-electron chi connectivity index (χ3n) is 7.93. The number of fused-ring (bicyclic) bond motifs is 3. The maximum absolute atomic E-state index is 13.5. The van der Waals surface area contributed by atoms with Crippen LogP contribution in [0.1, 0.15) is 60.3 Å². The third-order valence-corrected chi connectivity index (χ3v) is 7.93. The van der Waals surface area contributed by atoms with Gasteiger partial charge in [-0.05, 0) is 52.6 Å². The van der Waals surface area contributed by atoms with Gasteiger partial charge >= 0.3 is 6.09 Å². The van der Waals surface area contributed by atoms with E-state index in [-0.39, 0.29) is 39.5 Å². The van der Waals surface area contributed by atoms with Crippen LogP contribution in [0.5, 0.6) is 0 Å². The van der Waals surface area contributed by atoms with Crippen molar-refractivity contribution in [3.05, 3.63) is 102 Å². The molecule has 0 bridgehead atoms. The molecule has 1 saturated heterocycles. The molecule has 0 spiro atoms. The molecule has 41 heavy (non-hydrogen) atoms. The summed E-state index contributed by atoms with van der Waals surface area (Å²) in [5.74, 6) is -0.130. The summed E-state index contributed by atoms with van der Waals surface area (Å²) in [6.45, 7) is 5.65. The minimum absolute atomic E-state index is 0. The number of nitrogens with zero attached hydrogens (tertiary/aromatic N) is 1. The van der Waals surface area contributed by atoms with E-state index in [1.165, 1.54) is 11.1 Å². The van der Waals surface area contributed by atoms with Crippen molar-refractivity contribution < 1.29 is 40.2 Å². The van der Waals surface area contributed by atoms with Crippen LogP contribution < -0.4 is 5.32 Å². The molecule has 6 nitrogen and oxygen atoms in total. The van der Waals surface area contributed by atoms with E-state index >= 15 is 0 Å². The summed E-state index contributed by atoms with van der Waals surface area (Å²) in [5.41, 5.74) is 7.36. The second-order valence-corrected chi connectivity index (χ2v) is 10.6. The Kier molecular flexibility index (Phi) is 10.7. The van der Waals surface area contributed by atoms with Crippen LogP contribution in [0.4, 0.5) is 4.79 Å². The monoisotopic (exact) mass is 633 g/mol. The Morgan fingerprint density at radius 1 is 0.927 bits per heavy atom. The van der Waals surface area contributed by atoms with E-state index in [1.807, 2.05) is 59.7 Å². The first-order valence-electron chi connectivity index (χ1n) is 14.1. The summed E-state index contributed by atoms with van der Waals surface area (Å²) in [6.07, 6.45) is 5.59. The zero-order chi connectivity index (χ0) is 27.9. The van der Waals surface area contributed by atoms with Gasteiger partial charge < -0.3 is 19.7 Å². The Bertz CT molecular complexity index is 1340. The molecule has 1 unspecified atom stereocenters. The van der Waals surface area contributed by atoms with Crippen molar-refractivity contribution in [3.8, 4) is 11.1 Å². The number of likely N-dealkylation sites (tertiary alicyclic amines) is 1. The van der Waals surface area contributed by atoms with E-state index in [2.05, 4.69) is 36.2 Å². The molecule has 0 saturated carbocycles. The zero-order valence-electron chi connectivity index (χ0n) is 23.1. The van der Waals surface area contributed by atoms with Gasteiger partial charge in [0.25, 0.3) is 0 Å². The van der Waals surface area contributed by atoms with Gasteiger partial charge in [0, 0.05) is 46.5 Å². The molecule has 0 radical (unpaired) electrons. The number of alkyl carbamates (subject to hydrolysis) is 1. The van der Waals surface area contributed by atoms with Crippen LogP contribution in [0.3, 0.4) is 0 Å². The van der Waals surface area contributed by atoms with Gasteiger partial charge in [-0.25, -0.2) is 4.79 Å². The molecule has 1 aliphatic carbocycles. The van der Waals surface area contributed by atoms with Crippen LogP contribution in [-0.2, 0) is 41.8 Å². The summed E-state index contributed by atoms with van der Waals surface area (Å²) in [6, 6.07) is 23.5. The number of carbonyl (C=O) groups is 2. The van der Waals surface area contributed by atoms with Crippen LogP contribution >= 0.6 is 0 Å². The minimum Gasteiger partial charge on any atom is -0.542 e. The maximum Gasteiger partial charge on any atom is 0.407 e. The molecule has 1 aliphatic heterocycles. The number of nitrogens with one attached hydrogen (secondary N) is 1. The first kappa shape index (κ1) is 30.5. The molecule has 1 heterocycles. The molecule has 0 aromatic heterocycles. The van der Waals surface area contributed by atoms with Crippen molar-refractivity contribution in [2.75, 3.05) is 19.7 Å². The van der Waals surface area contributed by atoms with Crippen LogP contribution in [0.2, 0.25) is 0 Å². The summed E-state index contributed by atoms with van der Waals surface area (Å²) >= 11 is 0. The predicted octanol–water partition coefficient (Wildman–Crippen LogP) is 6.05. The Morgan fingerprint density at radius 3 is 2.15 bits per heavy atom. The SMILES string of the molecule is C=C(CC[C-]=O)c1ccc(CC(NC(=O)OCC2c3ccccc3-c3ccccc32)C(=O)N2CCCCC2)cc1.[Mo]. The molecule has 1 atom stereocenters. The molecular weight excluding hydrogens is 596 g/mol. The van der Waals surface area contributed by atoms with Crippen molar-refractivity contribution in [1.29, 1.82) is 0 Å². The fourth-order valence-corrected chi connectivity index (χ4v) is 5.78. The minimum atomic E-state index is -0.729. The quantitative estimate of drug-likeness (QED) is 0.219. The van der Waals surface area contributed by atoms with Crippen molar-refractivity contribution >= 4 is 23.9 Å². The number of carbonyl (C=O) groups excluding carboxylic acids is 3. The molecule has 7 heteroatoms. The smallest absolute Gasteiger partial charge is 0.407 e. The average molecular weight is 632 g/mol. The summed E-state index contributed by atoms with van der Waals surface area (Å²) < 4.78 is 5.77. The van der Waals surface area contributed by atoms with E-state index in [0.29, 0.717) is 32.4 Å². The van der Waals surface area contributed by atoms with Gasteiger partial charge in [-0.15, -0.1) is 6.42 Å². The molecule has 3 aromatic carbocycles. The first-order chi connectivity index (χ1) is 19.5. The number of allylic oxidation sites excluding steroid dienone is 1. The van der Waals surface area contributed by atoms with Crippen LogP contribution in [0.15, 0.2) is 79.4 Å². The third kappa shape index (κ3) is 7.23. The number of hydrogen-bond donors (Lipinski definition) is 1. The van der Waals surface area contributed by atoms with E-state index in [4.69, 9.17) is 4.74 Å². The Labute approximate surface area is 256 Å². The van der Waals surface area contributed by atoms with E-state index in [1.54, 1.807) is 0 Å². The standard InChI is InChI=1S/C34H35N2O4.Mo/c1-24(10-9-21-37)26-17-15-25(16-18-26)22-32(33(38)36-19-7-2-8-20-36)35-34(39)40-23-31-29-13-5-3-11-27(29)28-12-4-6-14-30(28)31;/h3-6,11-18,31-32H,1-2,7-10,19-20,22-23H2,(H,35,39);/q-1;. The molecular formula is C34H35MoN2O4-. The van der Waals surface area contributed by atoms with Gasteiger partial charge in [0.05, 0.1) is 0 Å². The van der Waals surface area contributed by atoms with E-state index in [9.17, 15) is 14.4 Å². The van der Waals surface area contributed by atoms with E-state index < -0.39 is 12.1 Å². The summed E-state index contributed by atoms with van der Waals surface area (Å²) in [7, 11) is 0. The van der Waals surface area contributed by atoms with Gasteiger partial charge in [-0.3, -0.25) is 11.1 Å². The van der Waals surface area contributed by atoms with Crippen LogP contribution in [0, 0.1) is 0 Å². The molecule has 2 aliphatic rings. The molecule has 2 amide bonds. The summed E-state index contributed by atoms with van der Waals surface area (Å²) in [4.78, 5) is 39.1. The van der Waals surface area contributed by atoms with Gasteiger partial charge in [-0.1, -0.05) is 91.4 Å². The number of benzene rings is 3. The van der Waals surface area contributed by atoms with Gasteiger partial charge in [0.1, 0.15) is 12.6 Å². The molecule has 1 fully saturated rings. The van der Waals surface area contributed by atoms with Gasteiger partial charge in [0.2, 0.25) is 5.91 Å².